The van der Waals surface area contributed by atoms with Crippen molar-refractivity contribution >= 4 is 0 Å². The molecule has 0 amide bonds. The van der Waals surface area contributed by atoms with E-state index in [1.165, 1.54) is 24.8 Å². The zero-order valence-corrected chi connectivity index (χ0v) is 8.80. The van der Waals surface area contributed by atoms with E-state index in [0.717, 1.165) is 0 Å². The quantitative estimate of drug-likeness (QED) is 0.685. The second-order valence-electron chi connectivity index (χ2n) is 3.50. The van der Waals surface area contributed by atoms with Crippen LogP contribution in [0.25, 0.3) is 0 Å². The van der Waals surface area contributed by atoms with Gasteiger partial charge in [-0.15, -0.1) is 0 Å². The van der Waals surface area contributed by atoms with E-state index in [0.29, 0.717) is 5.41 Å². The maximum atomic E-state index is 4.07. The van der Waals surface area contributed by atoms with Gasteiger partial charge < -0.3 is 0 Å². The predicted octanol–water partition coefficient (Wildman–Crippen LogP) is 3.35. The fourth-order valence-corrected chi connectivity index (χ4v) is 1.94. The van der Waals surface area contributed by atoms with Gasteiger partial charge in [-0.2, -0.15) is 0 Å². The van der Waals surface area contributed by atoms with Gasteiger partial charge >= 0.3 is 0 Å². The van der Waals surface area contributed by atoms with E-state index in [4.69, 9.17) is 0 Å². The molecule has 1 heteroatoms. The molecule has 0 saturated heterocycles. The molecule has 0 aliphatic rings. The third kappa shape index (κ3) is 1.90. The molecule has 1 rings (SSSR count). The minimum absolute atomic E-state index is 0.300. The molecule has 0 saturated carbocycles. The van der Waals surface area contributed by atoms with Gasteiger partial charge in [0.15, 0.2) is 0 Å². The Morgan fingerprint density at radius 2 is 1.85 bits per heavy atom. The molecular formula is C12H18N. The highest BCUT2D eigenvalue weighted by molar-refractivity contribution is 5.20. The molecule has 0 aliphatic heterocycles. The zero-order valence-electron chi connectivity index (χ0n) is 8.80. The molecule has 1 aromatic heterocycles. The summed E-state index contributed by atoms with van der Waals surface area (Å²) < 4.78 is 0. The van der Waals surface area contributed by atoms with Crippen LogP contribution in [-0.2, 0) is 5.41 Å². The maximum absolute atomic E-state index is 4.07. The number of hydrogen-bond donors (Lipinski definition) is 0. The number of pyridine rings is 1. The largest absolute Gasteiger partial charge is 0.254 e. The highest BCUT2D eigenvalue weighted by Gasteiger charge is 2.26. The van der Waals surface area contributed by atoms with Crippen LogP contribution in [0.2, 0.25) is 0 Å². The van der Waals surface area contributed by atoms with Crippen molar-refractivity contribution in [3.05, 3.63) is 30.1 Å². The monoisotopic (exact) mass is 176 g/mol. The van der Waals surface area contributed by atoms with Gasteiger partial charge in [-0.25, -0.2) is 0 Å². The lowest BCUT2D eigenvalue weighted by atomic mass is 9.74. The van der Waals surface area contributed by atoms with Crippen molar-refractivity contribution in [1.29, 1.82) is 0 Å². The molecule has 1 nitrogen and oxygen atoms in total. The molecule has 0 aliphatic carbocycles. The summed E-state index contributed by atoms with van der Waals surface area (Å²) in [6.07, 6.45) is 8.41. The summed E-state index contributed by atoms with van der Waals surface area (Å²) in [6.45, 7) is 6.73. The summed E-state index contributed by atoms with van der Waals surface area (Å²) >= 11 is 0. The van der Waals surface area contributed by atoms with Gasteiger partial charge in [-0.3, -0.25) is 4.98 Å². The maximum Gasteiger partial charge on any atom is 0.0926 e. The fraction of sp³-hybridized carbons (Fsp3) is 0.583. The summed E-state index contributed by atoms with van der Waals surface area (Å²) in [5.41, 5.74) is 1.57. The van der Waals surface area contributed by atoms with Crippen molar-refractivity contribution < 1.29 is 0 Å². The smallest absolute Gasteiger partial charge is 0.0926 e. The highest BCUT2D eigenvalue weighted by Crippen LogP contribution is 2.33. The van der Waals surface area contributed by atoms with Crippen LogP contribution in [-0.4, -0.2) is 4.98 Å². The van der Waals surface area contributed by atoms with Gasteiger partial charge in [-0.05, 0) is 36.3 Å². The topological polar surface area (TPSA) is 12.9 Å². The third-order valence-electron chi connectivity index (χ3n) is 3.21. The average molecular weight is 176 g/mol. The first-order valence-electron chi connectivity index (χ1n) is 5.12. The molecule has 1 radical (unpaired) electrons. The summed E-state index contributed by atoms with van der Waals surface area (Å²) in [6, 6.07) is 4.14. The van der Waals surface area contributed by atoms with Crippen LogP contribution >= 0.6 is 0 Å². The molecule has 0 bridgehead atoms. The van der Waals surface area contributed by atoms with Gasteiger partial charge in [0.2, 0.25) is 0 Å². The lowest BCUT2D eigenvalue weighted by molar-refractivity contribution is 0.380. The number of nitrogens with zero attached hydrogens (tertiary/aromatic N) is 1. The van der Waals surface area contributed by atoms with Crippen molar-refractivity contribution in [2.24, 2.45) is 0 Å². The summed E-state index contributed by atoms with van der Waals surface area (Å²) in [4.78, 5) is 4.07. The van der Waals surface area contributed by atoms with Crippen LogP contribution in [0.15, 0.2) is 18.3 Å². The molecule has 0 atom stereocenters. The highest BCUT2D eigenvalue weighted by atomic mass is 14.6. The summed E-state index contributed by atoms with van der Waals surface area (Å²) in [5.74, 6) is 0. The van der Waals surface area contributed by atoms with E-state index in [9.17, 15) is 0 Å². The van der Waals surface area contributed by atoms with E-state index in [2.05, 4.69) is 38.0 Å². The first-order chi connectivity index (χ1) is 6.29. The minimum Gasteiger partial charge on any atom is -0.254 e. The van der Waals surface area contributed by atoms with E-state index >= 15 is 0 Å². The molecule has 0 unspecified atom stereocenters. The van der Waals surface area contributed by atoms with Gasteiger partial charge in [0, 0.05) is 6.20 Å². The van der Waals surface area contributed by atoms with E-state index in [-0.39, 0.29) is 0 Å². The van der Waals surface area contributed by atoms with Crippen LogP contribution in [0.4, 0.5) is 0 Å². The average Bonchev–Trinajstić information content (AvgIpc) is 2.23. The molecule has 0 aromatic carbocycles. The Morgan fingerprint density at radius 3 is 2.23 bits per heavy atom. The van der Waals surface area contributed by atoms with Crippen LogP contribution in [0.1, 0.15) is 45.6 Å². The second kappa shape index (κ2) is 4.40. The van der Waals surface area contributed by atoms with E-state index in [1.807, 2.05) is 6.07 Å². The van der Waals surface area contributed by atoms with Crippen molar-refractivity contribution in [3.8, 4) is 0 Å². The standard InChI is InChI=1S/C12H18N/c1-4-12(5-2,6-3)11-8-7-9-13-10-11/h7-9H,4-6H2,1-3H3. The second-order valence-corrected chi connectivity index (χ2v) is 3.50. The molecular weight excluding hydrogens is 158 g/mol. The molecule has 0 fully saturated rings. The third-order valence-corrected chi connectivity index (χ3v) is 3.21. The van der Waals surface area contributed by atoms with Gasteiger partial charge in [0.25, 0.3) is 0 Å². The van der Waals surface area contributed by atoms with Gasteiger partial charge in [0.05, 0.1) is 6.20 Å². The van der Waals surface area contributed by atoms with Crippen LogP contribution in [0, 0.1) is 6.20 Å². The molecule has 1 heterocycles. The van der Waals surface area contributed by atoms with Crippen LogP contribution < -0.4 is 0 Å². The number of aromatic nitrogens is 1. The molecule has 13 heavy (non-hydrogen) atoms. The Bertz CT molecular complexity index is 228. The Balaban J connectivity index is 3.01. The first kappa shape index (κ1) is 10.2. The van der Waals surface area contributed by atoms with Gasteiger partial charge in [-0.1, -0.05) is 26.8 Å². The number of hydrogen-bond acceptors (Lipinski definition) is 1. The zero-order chi connectivity index (χ0) is 9.73. The lowest BCUT2D eigenvalue weighted by Crippen LogP contribution is -2.23. The number of rotatable bonds is 4. The van der Waals surface area contributed by atoms with Crippen molar-refractivity contribution in [1.82, 2.24) is 4.98 Å². The lowest BCUT2D eigenvalue weighted by Gasteiger charge is -2.30. The summed E-state index contributed by atoms with van der Waals surface area (Å²) in [5, 5.41) is 0. The minimum atomic E-state index is 0.300. The Morgan fingerprint density at radius 1 is 1.23 bits per heavy atom. The summed E-state index contributed by atoms with van der Waals surface area (Å²) in [7, 11) is 0. The normalized spacial score (nSPS) is 11.6. The van der Waals surface area contributed by atoms with E-state index in [1.54, 1.807) is 6.20 Å². The molecule has 1 aromatic rings. The van der Waals surface area contributed by atoms with Crippen LogP contribution in [0.3, 0.4) is 0 Å². The van der Waals surface area contributed by atoms with Crippen molar-refractivity contribution in [2.45, 2.75) is 45.4 Å². The van der Waals surface area contributed by atoms with Crippen LogP contribution in [0.5, 0.6) is 0 Å². The fourth-order valence-electron chi connectivity index (χ4n) is 1.94. The first-order valence-corrected chi connectivity index (χ1v) is 5.12. The van der Waals surface area contributed by atoms with Crippen molar-refractivity contribution in [2.75, 3.05) is 0 Å². The molecule has 0 spiro atoms. The Hall–Kier alpha value is -0.850. The van der Waals surface area contributed by atoms with Gasteiger partial charge in [0.1, 0.15) is 0 Å². The SMILES string of the molecule is CCC(CC)(CC)c1[c]nccc1. The molecule has 71 valence electrons. The van der Waals surface area contributed by atoms with Crippen molar-refractivity contribution in [3.63, 3.8) is 0 Å². The van der Waals surface area contributed by atoms with E-state index < -0.39 is 0 Å². The Kier molecular flexibility index (Phi) is 3.47. The Labute approximate surface area is 81.2 Å². The molecule has 0 N–H and O–H groups in total. The predicted molar refractivity (Wildman–Crippen MR) is 55.6 cm³/mol.